The van der Waals surface area contributed by atoms with Gasteiger partial charge in [0.2, 0.25) is 5.91 Å². The Balaban J connectivity index is 1.51. The van der Waals surface area contributed by atoms with Crippen LogP contribution in [-0.4, -0.2) is 28.9 Å². The van der Waals surface area contributed by atoms with E-state index in [1.54, 1.807) is 18.3 Å². The zero-order valence-electron chi connectivity index (χ0n) is 17.7. The molecule has 0 aliphatic carbocycles. The highest BCUT2D eigenvalue weighted by Gasteiger charge is 2.11. The second-order valence-electron chi connectivity index (χ2n) is 7.68. The van der Waals surface area contributed by atoms with Crippen LogP contribution < -0.4 is 5.32 Å². The predicted molar refractivity (Wildman–Crippen MR) is 115 cm³/mol. The maximum absolute atomic E-state index is 13.0. The van der Waals surface area contributed by atoms with Crippen molar-refractivity contribution in [3.8, 4) is 11.3 Å². The Morgan fingerprint density at radius 2 is 1.83 bits per heavy atom. The Morgan fingerprint density at radius 3 is 2.53 bits per heavy atom. The Morgan fingerprint density at radius 1 is 1.13 bits per heavy atom. The van der Waals surface area contributed by atoms with Crippen molar-refractivity contribution in [2.24, 2.45) is 0 Å². The maximum Gasteiger partial charge on any atom is 0.220 e. The Hall–Kier alpha value is -2.99. The van der Waals surface area contributed by atoms with E-state index < -0.39 is 0 Å². The van der Waals surface area contributed by atoms with Crippen LogP contribution in [0.15, 0.2) is 59.1 Å². The molecule has 5 nitrogen and oxygen atoms in total. The fraction of sp³-hybridized carbons (Fsp3) is 0.333. The minimum atomic E-state index is -0.299. The summed E-state index contributed by atoms with van der Waals surface area (Å²) in [5.41, 5.74) is 3.08. The molecule has 0 spiro atoms. The van der Waals surface area contributed by atoms with Crippen LogP contribution in [0.5, 0.6) is 0 Å². The van der Waals surface area contributed by atoms with Gasteiger partial charge in [0.25, 0.3) is 0 Å². The zero-order valence-corrected chi connectivity index (χ0v) is 17.7. The van der Waals surface area contributed by atoms with Crippen LogP contribution in [0.3, 0.4) is 0 Å². The number of aryl methyl sites for hydroxylation is 1. The highest BCUT2D eigenvalue weighted by Crippen LogP contribution is 2.21. The Kier molecular flexibility index (Phi) is 7.36. The van der Waals surface area contributed by atoms with E-state index in [4.69, 9.17) is 4.42 Å². The topological polar surface area (TPSA) is 58.4 Å². The highest BCUT2D eigenvalue weighted by molar-refractivity contribution is 5.76. The summed E-state index contributed by atoms with van der Waals surface area (Å²) in [6.07, 6.45) is 2.30. The van der Waals surface area contributed by atoms with E-state index in [0.717, 1.165) is 17.7 Å². The van der Waals surface area contributed by atoms with Gasteiger partial charge in [0.1, 0.15) is 5.82 Å². The van der Waals surface area contributed by atoms with Gasteiger partial charge in [-0.05, 0) is 56.3 Å². The number of carbonyl (C=O) groups excluding carboxylic acids is 1. The SMILES string of the molecule is CC(C)N(C)Cc1ccccc1CNC(=O)CCc1ncc(-c2ccc(F)cc2)o1. The molecular formula is C24H28FN3O2. The number of hydrogen-bond acceptors (Lipinski definition) is 4. The van der Waals surface area contributed by atoms with Gasteiger partial charge >= 0.3 is 0 Å². The maximum atomic E-state index is 13.0. The minimum Gasteiger partial charge on any atom is -0.441 e. The standard InChI is InChI=1S/C24H28FN3O2/c1-17(2)28(3)16-20-7-5-4-6-19(20)14-26-23(29)12-13-24-27-15-22(30-24)18-8-10-21(25)11-9-18/h4-11,15,17H,12-14,16H2,1-3H3,(H,26,29). The Bertz CT molecular complexity index is 967. The van der Waals surface area contributed by atoms with Gasteiger partial charge in [-0.15, -0.1) is 0 Å². The van der Waals surface area contributed by atoms with Crippen molar-refractivity contribution in [3.63, 3.8) is 0 Å². The number of aromatic nitrogens is 1. The van der Waals surface area contributed by atoms with E-state index in [-0.39, 0.29) is 18.1 Å². The van der Waals surface area contributed by atoms with Crippen molar-refractivity contribution in [2.75, 3.05) is 7.05 Å². The number of rotatable bonds is 9. The van der Waals surface area contributed by atoms with Crippen LogP contribution in [0.1, 0.15) is 37.3 Å². The van der Waals surface area contributed by atoms with Crippen LogP contribution in [0.25, 0.3) is 11.3 Å². The van der Waals surface area contributed by atoms with E-state index in [0.29, 0.717) is 30.7 Å². The zero-order chi connectivity index (χ0) is 21.5. The van der Waals surface area contributed by atoms with Crippen molar-refractivity contribution in [1.82, 2.24) is 15.2 Å². The number of hydrogen-bond donors (Lipinski definition) is 1. The molecule has 1 amide bonds. The summed E-state index contributed by atoms with van der Waals surface area (Å²) in [5, 5.41) is 2.99. The van der Waals surface area contributed by atoms with Gasteiger partial charge in [0.15, 0.2) is 11.7 Å². The first-order chi connectivity index (χ1) is 14.4. The van der Waals surface area contributed by atoms with Crippen LogP contribution in [-0.2, 0) is 24.3 Å². The number of carbonyl (C=O) groups is 1. The van der Waals surface area contributed by atoms with Gasteiger partial charge in [-0.1, -0.05) is 24.3 Å². The summed E-state index contributed by atoms with van der Waals surface area (Å²) in [7, 11) is 2.09. The number of amides is 1. The lowest BCUT2D eigenvalue weighted by Gasteiger charge is -2.22. The predicted octanol–water partition coefficient (Wildman–Crippen LogP) is 4.57. The molecule has 1 N–H and O–H groups in total. The quantitative estimate of drug-likeness (QED) is 0.562. The van der Waals surface area contributed by atoms with Gasteiger partial charge in [0, 0.05) is 37.5 Å². The third-order valence-corrected chi connectivity index (χ3v) is 5.14. The van der Waals surface area contributed by atoms with Crippen LogP contribution >= 0.6 is 0 Å². The normalized spacial score (nSPS) is 11.3. The van der Waals surface area contributed by atoms with E-state index >= 15 is 0 Å². The number of nitrogens with zero attached hydrogens (tertiary/aromatic N) is 2. The lowest BCUT2D eigenvalue weighted by molar-refractivity contribution is -0.121. The second-order valence-corrected chi connectivity index (χ2v) is 7.68. The summed E-state index contributed by atoms with van der Waals surface area (Å²) in [6.45, 7) is 5.66. The molecule has 0 aliphatic heterocycles. The van der Waals surface area contributed by atoms with Crippen molar-refractivity contribution in [3.05, 3.63) is 77.6 Å². The summed E-state index contributed by atoms with van der Waals surface area (Å²) in [4.78, 5) is 18.8. The van der Waals surface area contributed by atoms with Gasteiger partial charge < -0.3 is 9.73 Å². The van der Waals surface area contributed by atoms with Crippen LogP contribution in [0, 0.1) is 5.82 Å². The van der Waals surface area contributed by atoms with E-state index in [1.165, 1.54) is 17.7 Å². The van der Waals surface area contributed by atoms with Crippen molar-refractivity contribution >= 4 is 5.91 Å². The van der Waals surface area contributed by atoms with E-state index in [2.05, 4.69) is 42.2 Å². The molecule has 2 aromatic carbocycles. The van der Waals surface area contributed by atoms with E-state index in [1.807, 2.05) is 18.2 Å². The first kappa shape index (κ1) is 21.7. The summed E-state index contributed by atoms with van der Waals surface area (Å²) >= 11 is 0. The average molecular weight is 410 g/mol. The number of oxazole rings is 1. The molecule has 0 bridgehead atoms. The molecule has 6 heteroatoms. The molecular weight excluding hydrogens is 381 g/mol. The third kappa shape index (κ3) is 6.00. The molecule has 0 atom stereocenters. The number of halogens is 1. The molecule has 1 heterocycles. The van der Waals surface area contributed by atoms with Crippen LogP contribution in [0.4, 0.5) is 4.39 Å². The molecule has 0 fully saturated rings. The number of nitrogens with one attached hydrogen (secondary N) is 1. The molecule has 158 valence electrons. The number of benzene rings is 2. The smallest absolute Gasteiger partial charge is 0.220 e. The molecule has 0 aliphatic rings. The minimum absolute atomic E-state index is 0.0523. The monoisotopic (exact) mass is 409 g/mol. The molecule has 0 radical (unpaired) electrons. The molecule has 3 aromatic rings. The van der Waals surface area contributed by atoms with Crippen molar-refractivity contribution in [2.45, 2.75) is 45.8 Å². The van der Waals surface area contributed by atoms with Gasteiger partial charge in [-0.25, -0.2) is 9.37 Å². The largest absolute Gasteiger partial charge is 0.441 e. The molecule has 1 aromatic heterocycles. The molecule has 0 unspecified atom stereocenters. The average Bonchev–Trinajstić information content (AvgIpc) is 3.21. The molecule has 3 rings (SSSR count). The molecule has 0 saturated carbocycles. The molecule has 0 saturated heterocycles. The van der Waals surface area contributed by atoms with Crippen LogP contribution in [0.2, 0.25) is 0 Å². The first-order valence-corrected chi connectivity index (χ1v) is 10.2. The van der Waals surface area contributed by atoms with Crippen molar-refractivity contribution in [1.29, 1.82) is 0 Å². The van der Waals surface area contributed by atoms with Gasteiger partial charge in [-0.3, -0.25) is 9.69 Å². The summed E-state index contributed by atoms with van der Waals surface area (Å²) < 4.78 is 18.7. The highest BCUT2D eigenvalue weighted by atomic mass is 19.1. The third-order valence-electron chi connectivity index (χ3n) is 5.14. The first-order valence-electron chi connectivity index (χ1n) is 10.2. The summed E-state index contributed by atoms with van der Waals surface area (Å²) in [5.74, 6) is 0.702. The van der Waals surface area contributed by atoms with E-state index in [9.17, 15) is 9.18 Å². The lowest BCUT2D eigenvalue weighted by Crippen LogP contribution is -2.27. The van der Waals surface area contributed by atoms with Gasteiger partial charge in [-0.2, -0.15) is 0 Å². The fourth-order valence-corrected chi connectivity index (χ4v) is 3.01. The summed E-state index contributed by atoms with van der Waals surface area (Å²) in [6, 6.07) is 14.6. The lowest BCUT2D eigenvalue weighted by atomic mass is 10.1. The second kappa shape index (κ2) is 10.2. The molecule has 30 heavy (non-hydrogen) atoms. The van der Waals surface area contributed by atoms with Crippen molar-refractivity contribution < 1.29 is 13.6 Å². The fourth-order valence-electron chi connectivity index (χ4n) is 3.01. The Labute approximate surface area is 176 Å². The van der Waals surface area contributed by atoms with Gasteiger partial charge in [0.05, 0.1) is 6.20 Å².